The van der Waals surface area contributed by atoms with E-state index in [2.05, 4.69) is 5.53 Å². The lowest BCUT2D eigenvalue weighted by atomic mass is 10.3. The van der Waals surface area contributed by atoms with Gasteiger partial charge in [0.2, 0.25) is 0 Å². The highest BCUT2D eigenvalue weighted by Crippen LogP contribution is 2.31. The number of aliphatic carboxylic acids is 1. The van der Waals surface area contributed by atoms with Crippen molar-refractivity contribution in [3.63, 3.8) is 0 Å². The van der Waals surface area contributed by atoms with E-state index < -0.39 is 5.97 Å². The predicted octanol–water partition coefficient (Wildman–Crippen LogP) is 2.93. The third-order valence-corrected chi connectivity index (χ3v) is 3.39. The van der Waals surface area contributed by atoms with E-state index >= 15 is 0 Å². The van der Waals surface area contributed by atoms with E-state index in [-0.39, 0.29) is 10.9 Å². The molecule has 2 N–H and O–H groups in total. The number of rotatable bonds is 3. The van der Waals surface area contributed by atoms with Crippen LogP contribution in [-0.4, -0.2) is 11.1 Å². The van der Waals surface area contributed by atoms with Crippen molar-refractivity contribution in [1.82, 2.24) is 5.53 Å². The lowest BCUT2D eigenvalue weighted by Gasteiger charge is -2.23. The molecule has 2 aromatic rings. The second-order valence-electron chi connectivity index (χ2n) is 4.39. The van der Waals surface area contributed by atoms with Gasteiger partial charge in [0.1, 0.15) is 0 Å². The Morgan fingerprint density at radius 3 is 1.86 bits per heavy atom. The molecule has 0 unspecified atom stereocenters. The van der Waals surface area contributed by atoms with Crippen molar-refractivity contribution in [2.24, 2.45) is 0 Å². The van der Waals surface area contributed by atoms with Gasteiger partial charge in [-0.05, 0) is 24.3 Å². The standard InChI is InChI=1S/C15H12ClN3O2/c16-14-13(15(20)21)18(11-7-3-1-4-8-11)17-19(14)12-9-5-2-6-10-12/h1-10,17H,(H,20,21). The molecule has 0 saturated carbocycles. The van der Waals surface area contributed by atoms with Crippen LogP contribution in [0.3, 0.4) is 0 Å². The first kappa shape index (κ1) is 13.5. The maximum Gasteiger partial charge on any atom is 0.357 e. The van der Waals surface area contributed by atoms with Gasteiger partial charge in [-0.1, -0.05) is 48.0 Å². The number of carboxylic acids is 1. The monoisotopic (exact) mass is 301 g/mol. The first-order valence-electron chi connectivity index (χ1n) is 6.28. The summed E-state index contributed by atoms with van der Waals surface area (Å²) in [6.07, 6.45) is 0. The zero-order valence-electron chi connectivity index (χ0n) is 10.9. The average Bonchev–Trinajstić information content (AvgIpc) is 2.87. The number of para-hydroxylation sites is 2. The van der Waals surface area contributed by atoms with Gasteiger partial charge in [-0.3, -0.25) is 0 Å². The molecule has 0 spiro atoms. The highest BCUT2D eigenvalue weighted by Gasteiger charge is 2.34. The predicted molar refractivity (Wildman–Crippen MR) is 81.5 cm³/mol. The summed E-state index contributed by atoms with van der Waals surface area (Å²) in [6, 6.07) is 18.4. The Bertz CT molecular complexity index is 689. The quantitative estimate of drug-likeness (QED) is 0.854. The summed E-state index contributed by atoms with van der Waals surface area (Å²) in [5.41, 5.74) is 4.40. The topological polar surface area (TPSA) is 55.8 Å². The first-order valence-corrected chi connectivity index (χ1v) is 6.66. The van der Waals surface area contributed by atoms with E-state index in [4.69, 9.17) is 11.6 Å². The molecule has 0 amide bonds. The van der Waals surface area contributed by atoms with Crippen LogP contribution in [0.2, 0.25) is 0 Å². The molecule has 0 atom stereocenters. The van der Waals surface area contributed by atoms with Crippen molar-refractivity contribution in [2.45, 2.75) is 0 Å². The van der Waals surface area contributed by atoms with Crippen LogP contribution in [0.5, 0.6) is 0 Å². The Hall–Kier alpha value is -2.50. The molecule has 6 heteroatoms. The zero-order chi connectivity index (χ0) is 14.8. The SMILES string of the molecule is O=C(O)C1=C(Cl)N(c2ccccc2)NN1c1ccccc1. The van der Waals surface area contributed by atoms with Crippen molar-refractivity contribution in [2.75, 3.05) is 10.0 Å². The Balaban J connectivity index is 2.03. The van der Waals surface area contributed by atoms with Gasteiger partial charge in [0.25, 0.3) is 0 Å². The summed E-state index contributed by atoms with van der Waals surface area (Å²) in [4.78, 5) is 11.5. The minimum atomic E-state index is -1.10. The number of halogens is 1. The van der Waals surface area contributed by atoms with Gasteiger partial charge in [0, 0.05) is 0 Å². The van der Waals surface area contributed by atoms with E-state index in [1.54, 1.807) is 12.1 Å². The number of hydrogen-bond donors (Lipinski definition) is 2. The second kappa shape index (κ2) is 5.47. The maximum absolute atomic E-state index is 11.5. The summed E-state index contributed by atoms with van der Waals surface area (Å²) in [6.45, 7) is 0. The average molecular weight is 302 g/mol. The summed E-state index contributed by atoms with van der Waals surface area (Å²) in [5.74, 6) is -1.10. The van der Waals surface area contributed by atoms with Crippen molar-refractivity contribution in [3.05, 3.63) is 71.5 Å². The number of hydrazine groups is 2. The molecule has 1 aliphatic rings. The Morgan fingerprint density at radius 1 is 0.905 bits per heavy atom. The molecule has 0 radical (unpaired) electrons. The minimum Gasteiger partial charge on any atom is -0.476 e. The van der Waals surface area contributed by atoms with Crippen molar-refractivity contribution >= 4 is 28.9 Å². The molecule has 2 aromatic carbocycles. The molecule has 106 valence electrons. The van der Waals surface area contributed by atoms with Crippen LogP contribution in [0, 0.1) is 0 Å². The number of anilines is 2. The summed E-state index contributed by atoms with van der Waals surface area (Å²) >= 11 is 6.24. The molecular formula is C15H12ClN3O2. The van der Waals surface area contributed by atoms with Gasteiger partial charge in [-0.15, -0.1) is 5.53 Å². The fourth-order valence-corrected chi connectivity index (χ4v) is 2.39. The molecule has 0 fully saturated rings. The smallest absolute Gasteiger partial charge is 0.357 e. The molecule has 21 heavy (non-hydrogen) atoms. The van der Waals surface area contributed by atoms with Crippen molar-refractivity contribution in [3.8, 4) is 0 Å². The summed E-state index contributed by atoms with van der Waals surface area (Å²) < 4.78 is 0. The highest BCUT2D eigenvalue weighted by atomic mass is 35.5. The van der Waals surface area contributed by atoms with Crippen molar-refractivity contribution < 1.29 is 9.90 Å². The van der Waals surface area contributed by atoms with E-state index in [1.165, 1.54) is 10.0 Å². The molecule has 0 bridgehead atoms. The number of carbonyl (C=O) groups is 1. The van der Waals surface area contributed by atoms with Crippen LogP contribution in [0.15, 0.2) is 71.5 Å². The molecule has 0 saturated heterocycles. The Morgan fingerprint density at radius 2 is 1.38 bits per heavy atom. The minimum absolute atomic E-state index is 0.0216. The number of nitrogens with zero attached hydrogens (tertiary/aromatic N) is 2. The van der Waals surface area contributed by atoms with E-state index in [0.717, 1.165) is 5.69 Å². The molecule has 0 aromatic heterocycles. The summed E-state index contributed by atoms with van der Waals surface area (Å²) in [5, 5.41) is 12.5. The zero-order valence-corrected chi connectivity index (χ0v) is 11.7. The van der Waals surface area contributed by atoms with Crippen LogP contribution < -0.4 is 15.6 Å². The van der Waals surface area contributed by atoms with Crippen LogP contribution in [-0.2, 0) is 4.79 Å². The van der Waals surface area contributed by atoms with Gasteiger partial charge in [-0.25, -0.2) is 14.8 Å². The molecule has 3 rings (SSSR count). The highest BCUT2D eigenvalue weighted by molar-refractivity contribution is 6.34. The lowest BCUT2D eigenvalue weighted by Crippen LogP contribution is -2.42. The molecule has 1 heterocycles. The van der Waals surface area contributed by atoms with Gasteiger partial charge in [0.05, 0.1) is 11.4 Å². The number of hydrogen-bond acceptors (Lipinski definition) is 4. The van der Waals surface area contributed by atoms with Crippen LogP contribution in [0.1, 0.15) is 0 Å². The normalized spacial score (nSPS) is 14.7. The van der Waals surface area contributed by atoms with Gasteiger partial charge in [-0.2, -0.15) is 0 Å². The fourth-order valence-electron chi connectivity index (χ4n) is 2.09. The Labute approximate surface area is 126 Å². The first-order chi connectivity index (χ1) is 10.2. The van der Waals surface area contributed by atoms with Gasteiger partial charge >= 0.3 is 5.97 Å². The van der Waals surface area contributed by atoms with E-state index in [9.17, 15) is 9.90 Å². The molecule has 1 aliphatic heterocycles. The van der Waals surface area contributed by atoms with Crippen LogP contribution >= 0.6 is 11.6 Å². The maximum atomic E-state index is 11.5. The Kier molecular flexibility index (Phi) is 3.51. The van der Waals surface area contributed by atoms with Gasteiger partial charge < -0.3 is 5.11 Å². The second-order valence-corrected chi connectivity index (χ2v) is 4.74. The number of carboxylic acid groups (broad SMARTS) is 1. The molecule has 5 nitrogen and oxygen atoms in total. The van der Waals surface area contributed by atoms with E-state index in [1.807, 2.05) is 48.5 Å². The molecular weight excluding hydrogens is 290 g/mol. The fraction of sp³-hybridized carbons (Fsp3) is 0. The summed E-state index contributed by atoms with van der Waals surface area (Å²) in [7, 11) is 0. The lowest BCUT2D eigenvalue weighted by molar-refractivity contribution is -0.132. The molecule has 0 aliphatic carbocycles. The third-order valence-electron chi connectivity index (χ3n) is 3.05. The van der Waals surface area contributed by atoms with E-state index in [0.29, 0.717) is 5.69 Å². The van der Waals surface area contributed by atoms with Crippen LogP contribution in [0.4, 0.5) is 11.4 Å². The van der Waals surface area contributed by atoms with Crippen molar-refractivity contribution in [1.29, 1.82) is 0 Å². The van der Waals surface area contributed by atoms with Gasteiger partial charge in [0.15, 0.2) is 10.9 Å². The number of benzene rings is 2. The number of nitrogens with one attached hydrogen (secondary N) is 1. The third kappa shape index (κ3) is 2.44. The van der Waals surface area contributed by atoms with Crippen LogP contribution in [0.25, 0.3) is 0 Å². The largest absolute Gasteiger partial charge is 0.476 e.